The number of aryl methyl sites for hydroxylation is 2. The number of hydrogen-bond acceptors (Lipinski definition) is 2. The van der Waals surface area contributed by atoms with E-state index < -0.39 is 11.9 Å². The van der Waals surface area contributed by atoms with Crippen molar-refractivity contribution in [3.8, 4) is 0 Å². The van der Waals surface area contributed by atoms with E-state index in [1.165, 1.54) is 41.3 Å². The third kappa shape index (κ3) is 2.83. The van der Waals surface area contributed by atoms with E-state index in [4.69, 9.17) is 0 Å². The first kappa shape index (κ1) is 18.2. The highest BCUT2D eigenvalue weighted by molar-refractivity contribution is 6.03. The number of nitrogens with zero attached hydrogens (tertiary/aromatic N) is 2. The molecule has 2 heterocycles. The van der Waals surface area contributed by atoms with Gasteiger partial charge in [-0.25, -0.2) is 8.78 Å². The fourth-order valence-electron chi connectivity index (χ4n) is 3.90. The summed E-state index contributed by atoms with van der Waals surface area (Å²) < 4.78 is 28.7. The van der Waals surface area contributed by atoms with Gasteiger partial charge in [0.25, 0.3) is 5.91 Å². The van der Waals surface area contributed by atoms with Crippen molar-refractivity contribution >= 4 is 22.7 Å². The molecule has 28 heavy (non-hydrogen) atoms. The lowest BCUT2D eigenvalue weighted by Crippen LogP contribution is -2.52. The minimum Gasteiger partial charge on any atom is -0.352 e. The second-order valence-electron chi connectivity index (χ2n) is 6.94. The summed E-state index contributed by atoms with van der Waals surface area (Å²) in [6.45, 7) is 2.42. The Morgan fingerprint density at radius 3 is 2.50 bits per heavy atom. The van der Waals surface area contributed by atoms with Crippen LogP contribution in [-0.4, -0.2) is 34.4 Å². The lowest BCUT2D eigenvalue weighted by atomic mass is 10.0. The smallest absolute Gasteiger partial charge is 0.271 e. The van der Waals surface area contributed by atoms with Crippen LogP contribution in [0, 0.1) is 18.6 Å². The van der Waals surface area contributed by atoms with Crippen LogP contribution in [0.25, 0.3) is 10.9 Å². The first-order chi connectivity index (χ1) is 13.4. The zero-order chi connectivity index (χ0) is 20.0. The monoisotopic (exact) mass is 383 g/mol. The van der Waals surface area contributed by atoms with Gasteiger partial charge in [0.2, 0.25) is 5.91 Å². The Hall–Kier alpha value is -3.22. The van der Waals surface area contributed by atoms with Crippen molar-refractivity contribution in [1.82, 2.24) is 14.8 Å². The number of piperazine rings is 1. The van der Waals surface area contributed by atoms with Crippen LogP contribution in [-0.2, 0) is 11.8 Å². The fourth-order valence-corrected chi connectivity index (χ4v) is 3.90. The standard InChI is InChI=1S/C21H19F2N3O2/c1-12-16-11-15(23)7-8-17(16)25(2)18(12)21(28)26-10-9-24-20(27)19(26)13-3-5-14(22)6-4-13/h3-8,11,19H,9-10H2,1-2H3,(H,24,27). The van der Waals surface area contributed by atoms with Crippen LogP contribution < -0.4 is 5.32 Å². The summed E-state index contributed by atoms with van der Waals surface area (Å²) in [5.41, 5.74) is 2.34. The summed E-state index contributed by atoms with van der Waals surface area (Å²) in [4.78, 5) is 27.5. The van der Waals surface area contributed by atoms with Crippen molar-refractivity contribution in [3.63, 3.8) is 0 Å². The van der Waals surface area contributed by atoms with Crippen LogP contribution in [0.4, 0.5) is 8.78 Å². The molecule has 0 radical (unpaired) electrons. The highest BCUT2D eigenvalue weighted by Crippen LogP contribution is 2.30. The largest absolute Gasteiger partial charge is 0.352 e. The average molecular weight is 383 g/mol. The van der Waals surface area contributed by atoms with Crippen LogP contribution in [0.3, 0.4) is 0 Å². The van der Waals surface area contributed by atoms with E-state index in [0.29, 0.717) is 35.3 Å². The number of carbonyl (C=O) groups excluding carboxylic acids is 2. The van der Waals surface area contributed by atoms with E-state index in [2.05, 4.69) is 5.32 Å². The van der Waals surface area contributed by atoms with E-state index >= 15 is 0 Å². The molecule has 7 heteroatoms. The summed E-state index contributed by atoms with van der Waals surface area (Å²) >= 11 is 0. The summed E-state index contributed by atoms with van der Waals surface area (Å²) in [6.07, 6.45) is 0. The normalized spacial score (nSPS) is 17.1. The van der Waals surface area contributed by atoms with Crippen LogP contribution in [0.15, 0.2) is 42.5 Å². The van der Waals surface area contributed by atoms with Crippen molar-refractivity contribution < 1.29 is 18.4 Å². The summed E-state index contributed by atoms with van der Waals surface area (Å²) in [5.74, 6) is -1.42. The molecule has 3 aromatic rings. The van der Waals surface area contributed by atoms with Crippen molar-refractivity contribution in [2.75, 3.05) is 13.1 Å². The molecule has 4 rings (SSSR count). The average Bonchev–Trinajstić information content (AvgIpc) is 2.92. The molecule has 0 bridgehead atoms. The highest BCUT2D eigenvalue weighted by atomic mass is 19.1. The summed E-state index contributed by atoms with van der Waals surface area (Å²) in [5, 5.41) is 3.42. The van der Waals surface area contributed by atoms with E-state index in [1.54, 1.807) is 24.6 Å². The molecular formula is C21H19F2N3O2. The van der Waals surface area contributed by atoms with E-state index in [1.807, 2.05) is 0 Å². The third-order valence-electron chi connectivity index (χ3n) is 5.28. The summed E-state index contributed by atoms with van der Waals surface area (Å²) in [6, 6.07) is 9.10. The molecule has 1 aliphatic rings. The van der Waals surface area contributed by atoms with Crippen LogP contribution in [0.1, 0.15) is 27.7 Å². The zero-order valence-corrected chi connectivity index (χ0v) is 15.5. The molecule has 0 spiro atoms. The summed E-state index contributed by atoms with van der Waals surface area (Å²) in [7, 11) is 1.75. The minimum atomic E-state index is -0.851. The van der Waals surface area contributed by atoms with Gasteiger partial charge in [0.15, 0.2) is 0 Å². The Balaban J connectivity index is 1.80. The third-order valence-corrected chi connectivity index (χ3v) is 5.28. The number of amides is 2. The number of carbonyl (C=O) groups is 2. The molecular weight excluding hydrogens is 364 g/mol. The fraction of sp³-hybridized carbons (Fsp3) is 0.238. The quantitative estimate of drug-likeness (QED) is 0.740. The van der Waals surface area contributed by atoms with Crippen molar-refractivity contribution in [1.29, 1.82) is 0 Å². The van der Waals surface area contributed by atoms with Gasteiger partial charge < -0.3 is 14.8 Å². The lowest BCUT2D eigenvalue weighted by Gasteiger charge is -2.35. The maximum atomic E-state index is 13.7. The number of aromatic nitrogens is 1. The van der Waals surface area contributed by atoms with E-state index in [0.717, 1.165) is 5.52 Å². The predicted molar refractivity (Wildman–Crippen MR) is 101 cm³/mol. The first-order valence-corrected chi connectivity index (χ1v) is 8.97. The maximum absolute atomic E-state index is 13.7. The van der Waals surface area contributed by atoms with Crippen molar-refractivity contribution in [2.45, 2.75) is 13.0 Å². The maximum Gasteiger partial charge on any atom is 0.271 e. The Kier molecular flexibility index (Phi) is 4.37. The molecule has 5 nitrogen and oxygen atoms in total. The number of benzene rings is 2. The second kappa shape index (κ2) is 6.74. The zero-order valence-electron chi connectivity index (χ0n) is 15.5. The molecule has 144 valence electrons. The lowest BCUT2D eigenvalue weighted by molar-refractivity contribution is -0.128. The highest BCUT2D eigenvalue weighted by Gasteiger charge is 2.36. The Morgan fingerprint density at radius 2 is 1.79 bits per heavy atom. The molecule has 1 aromatic heterocycles. The minimum absolute atomic E-state index is 0.311. The van der Waals surface area contributed by atoms with Gasteiger partial charge in [0, 0.05) is 31.0 Å². The van der Waals surface area contributed by atoms with E-state index in [9.17, 15) is 18.4 Å². The molecule has 1 saturated heterocycles. The molecule has 2 amide bonds. The number of fused-ring (bicyclic) bond motifs is 1. The first-order valence-electron chi connectivity index (χ1n) is 8.97. The van der Waals surface area contributed by atoms with Gasteiger partial charge in [-0.3, -0.25) is 9.59 Å². The van der Waals surface area contributed by atoms with Gasteiger partial charge in [-0.15, -0.1) is 0 Å². The molecule has 0 aliphatic carbocycles. The number of nitrogens with one attached hydrogen (secondary N) is 1. The van der Waals surface area contributed by atoms with Gasteiger partial charge in [-0.05, 0) is 48.4 Å². The van der Waals surface area contributed by atoms with Gasteiger partial charge in [-0.2, -0.15) is 0 Å². The Bertz CT molecular complexity index is 1090. The van der Waals surface area contributed by atoms with Crippen LogP contribution >= 0.6 is 0 Å². The Morgan fingerprint density at radius 1 is 1.11 bits per heavy atom. The number of hydrogen-bond donors (Lipinski definition) is 1. The molecule has 2 aromatic carbocycles. The molecule has 0 saturated carbocycles. The van der Waals surface area contributed by atoms with Crippen molar-refractivity contribution in [2.24, 2.45) is 7.05 Å². The number of rotatable bonds is 2. The molecule has 1 aliphatic heterocycles. The molecule has 1 N–H and O–H groups in total. The predicted octanol–water partition coefficient (Wildman–Crippen LogP) is 3.08. The van der Waals surface area contributed by atoms with Gasteiger partial charge in [0.05, 0.1) is 0 Å². The van der Waals surface area contributed by atoms with Gasteiger partial charge in [0.1, 0.15) is 23.4 Å². The topological polar surface area (TPSA) is 54.3 Å². The molecule has 1 atom stereocenters. The number of halogens is 2. The van der Waals surface area contributed by atoms with E-state index in [-0.39, 0.29) is 17.6 Å². The van der Waals surface area contributed by atoms with Crippen LogP contribution in [0.5, 0.6) is 0 Å². The SMILES string of the molecule is Cc1c(C(=O)N2CCNC(=O)C2c2ccc(F)cc2)n(C)c2ccc(F)cc12. The second-order valence-corrected chi connectivity index (χ2v) is 6.94. The van der Waals surface area contributed by atoms with Gasteiger partial charge in [-0.1, -0.05) is 12.1 Å². The molecule has 1 unspecified atom stereocenters. The van der Waals surface area contributed by atoms with Crippen LogP contribution in [0.2, 0.25) is 0 Å². The molecule has 1 fully saturated rings. The Labute approximate surface area is 160 Å². The van der Waals surface area contributed by atoms with Gasteiger partial charge >= 0.3 is 0 Å². The van der Waals surface area contributed by atoms with Crippen molar-refractivity contribution in [3.05, 3.63) is 70.9 Å².